The van der Waals surface area contributed by atoms with Crippen LogP contribution in [-0.2, 0) is 16.0 Å². The lowest BCUT2D eigenvalue weighted by Gasteiger charge is -2.08. The minimum atomic E-state index is -0.441. The SMILES string of the molecule is COC(=O)Cc1c(C)nc2cc(-c3cccc(Br)c3)nn2c1O. The summed E-state index contributed by atoms with van der Waals surface area (Å²) in [5.74, 6) is -0.539. The van der Waals surface area contributed by atoms with Gasteiger partial charge in [-0.3, -0.25) is 4.79 Å². The van der Waals surface area contributed by atoms with Crippen molar-refractivity contribution in [1.29, 1.82) is 0 Å². The van der Waals surface area contributed by atoms with E-state index in [1.807, 2.05) is 24.3 Å². The molecule has 118 valence electrons. The zero-order valence-electron chi connectivity index (χ0n) is 12.6. The van der Waals surface area contributed by atoms with Gasteiger partial charge in [0.15, 0.2) is 5.65 Å². The van der Waals surface area contributed by atoms with Gasteiger partial charge >= 0.3 is 5.97 Å². The average molecular weight is 376 g/mol. The van der Waals surface area contributed by atoms with Crippen LogP contribution in [0.4, 0.5) is 0 Å². The van der Waals surface area contributed by atoms with Crippen LogP contribution in [0.3, 0.4) is 0 Å². The predicted octanol–water partition coefficient (Wildman–Crippen LogP) is 2.89. The summed E-state index contributed by atoms with van der Waals surface area (Å²) in [7, 11) is 1.31. The van der Waals surface area contributed by atoms with E-state index in [0.29, 0.717) is 22.6 Å². The number of benzene rings is 1. The molecule has 3 aromatic rings. The summed E-state index contributed by atoms with van der Waals surface area (Å²) in [5, 5.41) is 14.8. The Morgan fingerprint density at radius 1 is 1.39 bits per heavy atom. The third-order valence-electron chi connectivity index (χ3n) is 3.55. The van der Waals surface area contributed by atoms with Crippen molar-refractivity contribution < 1.29 is 14.6 Å². The minimum Gasteiger partial charge on any atom is -0.493 e. The van der Waals surface area contributed by atoms with Gasteiger partial charge in [-0.05, 0) is 19.1 Å². The molecule has 1 aromatic carbocycles. The molecule has 0 aliphatic carbocycles. The molecule has 0 fully saturated rings. The van der Waals surface area contributed by atoms with Crippen molar-refractivity contribution in [3.05, 3.63) is 46.1 Å². The zero-order valence-corrected chi connectivity index (χ0v) is 14.2. The molecule has 0 aliphatic rings. The second-order valence-corrected chi connectivity index (χ2v) is 5.98. The van der Waals surface area contributed by atoms with Crippen LogP contribution in [0.2, 0.25) is 0 Å². The maximum atomic E-state index is 11.5. The summed E-state index contributed by atoms with van der Waals surface area (Å²) in [4.78, 5) is 15.9. The number of aryl methyl sites for hydroxylation is 1. The Labute approximate surface area is 140 Å². The standard InChI is InChI=1S/C16H14BrN3O3/c1-9-12(7-15(21)23-2)16(22)20-14(18-9)8-13(19-20)10-4-3-5-11(17)6-10/h3-6,8,22H,7H2,1-2H3. The van der Waals surface area contributed by atoms with Crippen LogP contribution in [0.5, 0.6) is 5.88 Å². The van der Waals surface area contributed by atoms with Crippen LogP contribution >= 0.6 is 15.9 Å². The van der Waals surface area contributed by atoms with Gasteiger partial charge in [-0.25, -0.2) is 4.98 Å². The average Bonchev–Trinajstić information content (AvgIpc) is 2.95. The number of esters is 1. The van der Waals surface area contributed by atoms with E-state index in [-0.39, 0.29) is 12.3 Å². The van der Waals surface area contributed by atoms with Crippen LogP contribution in [0, 0.1) is 6.92 Å². The molecule has 0 atom stereocenters. The van der Waals surface area contributed by atoms with Crippen molar-refractivity contribution in [3.63, 3.8) is 0 Å². The van der Waals surface area contributed by atoms with Crippen LogP contribution in [0.25, 0.3) is 16.9 Å². The van der Waals surface area contributed by atoms with Crippen LogP contribution in [0.1, 0.15) is 11.3 Å². The predicted molar refractivity (Wildman–Crippen MR) is 88.2 cm³/mol. The highest BCUT2D eigenvalue weighted by Crippen LogP contribution is 2.27. The molecule has 6 nitrogen and oxygen atoms in total. The molecule has 23 heavy (non-hydrogen) atoms. The topological polar surface area (TPSA) is 76.7 Å². The van der Waals surface area contributed by atoms with E-state index in [1.165, 1.54) is 11.6 Å². The first-order valence-corrected chi connectivity index (χ1v) is 7.70. The molecule has 0 bridgehead atoms. The molecule has 1 N–H and O–H groups in total. The van der Waals surface area contributed by atoms with Gasteiger partial charge in [-0.1, -0.05) is 28.1 Å². The summed E-state index contributed by atoms with van der Waals surface area (Å²) in [6.45, 7) is 1.74. The Hall–Kier alpha value is -2.41. The summed E-state index contributed by atoms with van der Waals surface area (Å²) in [6.07, 6.45) is -0.0524. The van der Waals surface area contributed by atoms with E-state index in [9.17, 15) is 9.90 Å². The van der Waals surface area contributed by atoms with E-state index in [1.54, 1.807) is 13.0 Å². The van der Waals surface area contributed by atoms with Gasteiger partial charge in [0.1, 0.15) is 0 Å². The number of aromatic hydroxyl groups is 1. The lowest BCUT2D eigenvalue weighted by atomic mass is 10.1. The number of carbonyl (C=O) groups is 1. The van der Waals surface area contributed by atoms with E-state index in [0.717, 1.165) is 10.0 Å². The highest BCUT2D eigenvalue weighted by atomic mass is 79.9. The van der Waals surface area contributed by atoms with E-state index < -0.39 is 5.97 Å². The molecule has 0 saturated carbocycles. The van der Waals surface area contributed by atoms with Gasteiger partial charge in [0.25, 0.3) is 0 Å². The largest absolute Gasteiger partial charge is 0.493 e. The van der Waals surface area contributed by atoms with E-state index >= 15 is 0 Å². The summed E-state index contributed by atoms with van der Waals surface area (Å²) < 4.78 is 6.92. The fourth-order valence-electron chi connectivity index (χ4n) is 2.35. The van der Waals surface area contributed by atoms with E-state index in [2.05, 4.69) is 30.7 Å². The van der Waals surface area contributed by atoms with Gasteiger partial charge in [0.2, 0.25) is 5.88 Å². The zero-order chi connectivity index (χ0) is 16.6. The maximum Gasteiger partial charge on any atom is 0.310 e. The Morgan fingerprint density at radius 3 is 2.87 bits per heavy atom. The van der Waals surface area contributed by atoms with Gasteiger partial charge in [0.05, 0.1) is 19.2 Å². The fourth-order valence-corrected chi connectivity index (χ4v) is 2.75. The number of carbonyl (C=O) groups excluding carboxylic acids is 1. The molecule has 0 unspecified atom stereocenters. The number of fused-ring (bicyclic) bond motifs is 1. The number of halogens is 1. The van der Waals surface area contributed by atoms with Crippen LogP contribution in [-0.4, -0.2) is 32.8 Å². The number of methoxy groups -OCH3 is 1. The van der Waals surface area contributed by atoms with Gasteiger partial charge in [0, 0.05) is 27.4 Å². The number of nitrogens with zero attached hydrogens (tertiary/aromatic N) is 3. The van der Waals surface area contributed by atoms with Crippen molar-refractivity contribution in [2.24, 2.45) is 0 Å². The third-order valence-corrected chi connectivity index (χ3v) is 4.04. The number of hydrogen-bond acceptors (Lipinski definition) is 5. The first kappa shape index (κ1) is 15.5. The van der Waals surface area contributed by atoms with Crippen molar-refractivity contribution in [2.75, 3.05) is 7.11 Å². The Balaban J connectivity index is 2.13. The molecular weight excluding hydrogens is 362 g/mol. The first-order valence-electron chi connectivity index (χ1n) is 6.90. The summed E-state index contributed by atoms with van der Waals surface area (Å²) >= 11 is 3.43. The maximum absolute atomic E-state index is 11.5. The van der Waals surface area contributed by atoms with Crippen molar-refractivity contribution in [2.45, 2.75) is 13.3 Å². The van der Waals surface area contributed by atoms with Crippen molar-refractivity contribution >= 4 is 27.5 Å². The van der Waals surface area contributed by atoms with Crippen LogP contribution < -0.4 is 0 Å². The number of ether oxygens (including phenoxy) is 1. The molecule has 0 spiro atoms. The van der Waals surface area contributed by atoms with Gasteiger partial charge in [-0.15, -0.1) is 0 Å². The molecule has 0 aliphatic heterocycles. The highest BCUT2D eigenvalue weighted by molar-refractivity contribution is 9.10. The lowest BCUT2D eigenvalue weighted by Crippen LogP contribution is -2.09. The lowest BCUT2D eigenvalue weighted by molar-refractivity contribution is -0.139. The number of rotatable bonds is 3. The van der Waals surface area contributed by atoms with Gasteiger partial charge in [-0.2, -0.15) is 9.61 Å². The van der Waals surface area contributed by atoms with E-state index in [4.69, 9.17) is 0 Å². The third kappa shape index (κ3) is 2.92. The second-order valence-electron chi connectivity index (χ2n) is 5.06. The normalized spacial score (nSPS) is 10.9. The number of hydrogen-bond donors (Lipinski definition) is 1. The quantitative estimate of drug-likeness (QED) is 0.712. The molecule has 0 radical (unpaired) electrons. The van der Waals surface area contributed by atoms with Crippen molar-refractivity contribution in [3.8, 4) is 17.1 Å². The number of aromatic nitrogens is 3. The Morgan fingerprint density at radius 2 is 2.17 bits per heavy atom. The van der Waals surface area contributed by atoms with Gasteiger partial charge < -0.3 is 9.84 Å². The monoisotopic (exact) mass is 375 g/mol. The Kier molecular flexibility index (Phi) is 4.04. The highest BCUT2D eigenvalue weighted by Gasteiger charge is 2.18. The van der Waals surface area contributed by atoms with Crippen molar-refractivity contribution in [1.82, 2.24) is 14.6 Å². The molecule has 3 rings (SSSR count). The van der Waals surface area contributed by atoms with Crippen LogP contribution in [0.15, 0.2) is 34.8 Å². The minimum absolute atomic E-state index is 0.0524. The summed E-state index contributed by atoms with van der Waals surface area (Å²) in [5.41, 5.74) is 3.08. The molecule has 7 heteroatoms. The first-order chi connectivity index (χ1) is 11.0. The fraction of sp³-hybridized carbons (Fsp3) is 0.188. The molecular formula is C16H14BrN3O3. The molecule has 0 saturated heterocycles. The molecule has 0 amide bonds. The smallest absolute Gasteiger partial charge is 0.310 e. The molecule has 2 aromatic heterocycles. The second kappa shape index (κ2) is 6.00. The summed E-state index contributed by atoms with van der Waals surface area (Å²) in [6, 6.07) is 9.47. The molecule has 2 heterocycles. The Bertz CT molecular complexity index is 905.